The number of hydrogen-bond donors (Lipinski definition) is 1. The number of nitrogens with zero attached hydrogens (tertiary/aromatic N) is 1. The Labute approximate surface area is 575 Å². The van der Waals surface area contributed by atoms with Gasteiger partial charge in [0.25, 0.3) is 0 Å². The lowest BCUT2D eigenvalue weighted by Crippen LogP contribution is -2.37. The van der Waals surface area contributed by atoms with Crippen molar-refractivity contribution < 1.29 is 42.1 Å². The van der Waals surface area contributed by atoms with Gasteiger partial charge in [0, 0.05) is 12.8 Å². The van der Waals surface area contributed by atoms with Crippen molar-refractivity contribution >= 4 is 19.8 Å². The molecule has 0 bridgehead atoms. The van der Waals surface area contributed by atoms with E-state index >= 15 is 0 Å². The Kier molecular flexibility index (Phi) is 73.0. The minimum Gasteiger partial charge on any atom is -0.462 e. The maximum Gasteiger partial charge on any atom is 0.472 e. The number of allylic oxidation sites excluding steroid dienone is 2. The first-order valence-corrected chi connectivity index (χ1v) is 42.9. The number of esters is 2. The normalized spacial score (nSPS) is 13.0. The first-order valence-electron chi connectivity index (χ1n) is 41.4. The van der Waals surface area contributed by atoms with Gasteiger partial charge in [-0.05, 0) is 38.5 Å². The van der Waals surface area contributed by atoms with E-state index in [0.717, 1.165) is 38.5 Å². The molecule has 0 aromatic heterocycles. The maximum absolute atomic E-state index is 12.9. The summed E-state index contributed by atoms with van der Waals surface area (Å²) in [5, 5.41) is 0. The van der Waals surface area contributed by atoms with Crippen molar-refractivity contribution in [3.63, 3.8) is 0 Å². The van der Waals surface area contributed by atoms with E-state index in [-0.39, 0.29) is 25.6 Å². The number of phosphoric ester groups is 1. The highest BCUT2D eigenvalue weighted by Crippen LogP contribution is 2.43. The fourth-order valence-corrected chi connectivity index (χ4v) is 13.7. The van der Waals surface area contributed by atoms with Gasteiger partial charge < -0.3 is 18.9 Å². The van der Waals surface area contributed by atoms with Crippen LogP contribution in [0.15, 0.2) is 12.2 Å². The van der Waals surface area contributed by atoms with Crippen LogP contribution in [0.3, 0.4) is 0 Å². The van der Waals surface area contributed by atoms with Gasteiger partial charge in [0.2, 0.25) is 0 Å². The van der Waals surface area contributed by atoms with Crippen LogP contribution in [0.1, 0.15) is 450 Å². The number of hydrogen-bond acceptors (Lipinski definition) is 7. The van der Waals surface area contributed by atoms with Gasteiger partial charge in [-0.1, -0.05) is 411 Å². The Balaban J connectivity index is 3.87. The molecule has 0 rings (SSSR count). The van der Waals surface area contributed by atoms with Crippen LogP contribution in [0.5, 0.6) is 0 Å². The maximum atomic E-state index is 12.9. The number of ether oxygens (including phenoxy) is 2. The van der Waals surface area contributed by atoms with Crippen LogP contribution < -0.4 is 0 Å². The molecule has 0 spiro atoms. The Hall–Kier alpha value is -1.25. The number of carbonyl (C=O) groups is 2. The molecule has 0 amide bonds. The van der Waals surface area contributed by atoms with Crippen molar-refractivity contribution in [1.82, 2.24) is 0 Å². The fraction of sp³-hybridized carbons (Fsp3) is 0.951. The van der Waals surface area contributed by atoms with Crippen LogP contribution in [0.2, 0.25) is 0 Å². The molecule has 1 N–H and O–H groups in total. The predicted molar refractivity (Wildman–Crippen MR) is 400 cm³/mol. The lowest BCUT2D eigenvalue weighted by Gasteiger charge is -2.24. The average Bonchev–Trinajstić information content (AvgIpc) is 2.23. The Morgan fingerprint density at radius 1 is 0.326 bits per heavy atom. The molecule has 548 valence electrons. The van der Waals surface area contributed by atoms with Crippen LogP contribution in [0, 0.1) is 0 Å². The number of unbranched alkanes of at least 4 members (excludes halogenated alkanes) is 63. The van der Waals surface area contributed by atoms with Crippen LogP contribution in [0.25, 0.3) is 0 Å². The molecular weight excluding hydrogens is 1160 g/mol. The monoisotopic (exact) mass is 1320 g/mol. The summed E-state index contributed by atoms with van der Waals surface area (Å²) in [6.07, 6.45) is 93.8. The van der Waals surface area contributed by atoms with Gasteiger partial charge >= 0.3 is 19.8 Å². The zero-order chi connectivity index (χ0) is 66.9. The molecule has 9 nitrogen and oxygen atoms in total. The van der Waals surface area contributed by atoms with E-state index in [0.29, 0.717) is 17.4 Å². The molecule has 0 fully saturated rings. The molecule has 0 radical (unpaired) electrons. The van der Waals surface area contributed by atoms with Gasteiger partial charge in [-0.25, -0.2) is 4.57 Å². The van der Waals surface area contributed by atoms with E-state index in [9.17, 15) is 19.0 Å². The largest absolute Gasteiger partial charge is 0.472 e. The molecule has 0 aliphatic carbocycles. The molecule has 0 heterocycles. The third-order valence-corrected chi connectivity index (χ3v) is 20.3. The summed E-state index contributed by atoms with van der Waals surface area (Å²) < 4.78 is 34.9. The highest BCUT2D eigenvalue weighted by atomic mass is 31.2. The van der Waals surface area contributed by atoms with Crippen LogP contribution in [-0.4, -0.2) is 74.9 Å². The lowest BCUT2D eigenvalue weighted by molar-refractivity contribution is -0.870. The molecular formula is C82H163NO8P+. The quantitative estimate of drug-likeness (QED) is 0.0211. The number of carbonyl (C=O) groups excluding carboxylic acids is 2. The summed E-state index contributed by atoms with van der Waals surface area (Å²) in [6.45, 7) is 4.54. The lowest BCUT2D eigenvalue weighted by atomic mass is 10.0. The third-order valence-electron chi connectivity index (χ3n) is 19.3. The van der Waals surface area contributed by atoms with Gasteiger partial charge in [-0.3, -0.25) is 18.6 Å². The summed E-state index contributed by atoms with van der Waals surface area (Å²) in [5.41, 5.74) is 0. The Bertz CT molecular complexity index is 1550. The second-order valence-corrected chi connectivity index (χ2v) is 31.3. The number of quaternary nitrogens is 1. The van der Waals surface area contributed by atoms with E-state index < -0.39 is 26.5 Å². The third kappa shape index (κ3) is 77.8. The van der Waals surface area contributed by atoms with Crippen LogP contribution in [-0.2, 0) is 32.7 Å². The van der Waals surface area contributed by atoms with Crippen molar-refractivity contribution in [3.8, 4) is 0 Å². The van der Waals surface area contributed by atoms with Gasteiger partial charge in [-0.15, -0.1) is 0 Å². The van der Waals surface area contributed by atoms with E-state index in [4.69, 9.17) is 18.5 Å². The fourth-order valence-electron chi connectivity index (χ4n) is 13.0. The molecule has 0 aliphatic rings. The molecule has 0 saturated heterocycles. The van der Waals surface area contributed by atoms with Crippen molar-refractivity contribution in [2.45, 2.75) is 457 Å². The van der Waals surface area contributed by atoms with Gasteiger partial charge in [0.05, 0.1) is 27.7 Å². The highest BCUT2D eigenvalue weighted by molar-refractivity contribution is 7.47. The van der Waals surface area contributed by atoms with Crippen molar-refractivity contribution in [2.24, 2.45) is 0 Å². The molecule has 0 saturated carbocycles. The van der Waals surface area contributed by atoms with Gasteiger partial charge in [-0.2, -0.15) is 0 Å². The zero-order valence-electron chi connectivity index (χ0n) is 62.8. The number of rotatable bonds is 79. The molecule has 0 aliphatic heterocycles. The smallest absolute Gasteiger partial charge is 0.462 e. The summed E-state index contributed by atoms with van der Waals surface area (Å²) in [7, 11) is 1.51. The molecule has 2 atom stereocenters. The topological polar surface area (TPSA) is 108 Å². The summed E-state index contributed by atoms with van der Waals surface area (Å²) in [5.74, 6) is -0.766. The highest BCUT2D eigenvalue weighted by Gasteiger charge is 2.27. The van der Waals surface area contributed by atoms with E-state index in [2.05, 4.69) is 26.0 Å². The van der Waals surface area contributed by atoms with Crippen LogP contribution >= 0.6 is 7.82 Å². The molecule has 2 unspecified atom stereocenters. The Morgan fingerprint density at radius 2 is 0.554 bits per heavy atom. The second kappa shape index (κ2) is 74.0. The average molecular weight is 1320 g/mol. The van der Waals surface area contributed by atoms with Crippen molar-refractivity contribution in [1.29, 1.82) is 0 Å². The predicted octanol–water partition coefficient (Wildman–Crippen LogP) is 27.4. The van der Waals surface area contributed by atoms with E-state index in [1.165, 1.54) is 385 Å². The molecule has 92 heavy (non-hydrogen) atoms. The number of phosphoric acid groups is 1. The second-order valence-electron chi connectivity index (χ2n) is 29.9. The van der Waals surface area contributed by atoms with E-state index in [1.54, 1.807) is 0 Å². The standard InChI is InChI=1S/C82H162NO8P/c1-6-8-10-12-14-16-18-20-22-24-26-28-30-32-34-36-38-40-41-43-44-46-48-50-52-54-56-58-60-62-64-66-68-70-72-74-81(84)88-78-80(79-90-92(86,87)89-77-76-83(3,4)5)91-82(85)75-73-71-69-67-65-63-61-59-57-55-53-51-49-47-45-42-39-37-35-33-31-29-27-25-23-21-19-17-15-13-11-9-7-2/h25,27,80H,6-24,26,28-79H2,1-5H3/p+1/b27-25-. The van der Waals surface area contributed by atoms with E-state index in [1.807, 2.05) is 21.1 Å². The van der Waals surface area contributed by atoms with Gasteiger partial charge in [0.15, 0.2) is 6.10 Å². The summed E-state index contributed by atoms with van der Waals surface area (Å²) in [6, 6.07) is 0. The van der Waals surface area contributed by atoms with Crippen LogP contribution in [0.4, 0.5) is 0 Å². The first-order chi connectivity index (χ1) is 45.0. The minimum atomic E-state index is -4.39. The van der Waals surface area contributed by atoms with Crippen molar-refractivity contribution in [2.75, 3.05) is 47.5 Å². The minimum absolute atomic E-state index is 0.0370. The molecule has 0 aromatic rings. The first kappa shape index (κ1) is 90.8. The zero-order valence-corrected chi connectivity index (χ0v) is 63.7. The Morgan fingerprint density at radius 3 is 0.804 bits per heavy atom. The summed E-state index contributed by atoms with van der Waals surface area (Å²) >= 11 is 0. The van der Waals surface area contributed by atoms with Crippen molar-refractivity contribution in [3.05, 3.63) is 12.2 Å². The number of likely N-dealkylation sites (N-methyl/N-ethyl adjacent to an activating group) is 1. The molecule has 0 aromatic carbocycles. The molecule has 10 heteroatoms. The SMILES string of the molecule is CCCCCCCCCC/C=C\CCCCCCCCCCCCCCCCCCCCCCCC(=O)OC(COC(=O)CCCCCCCCCCCCCCCCCCCCCCCCCCCCCCCCCCCCC)COP(=O)(O)OCC[N+](C)(C)C. The summed E-state index contributed by atoms with van der Waals surface area (Å²) in [4.78, 5) is 36.0. The van der Waals surface area contributed by atoms with Gasteiger partial charge in [0.1, 0.15) is 19.8 Å².